The number of rotatable bonds is 4. The van der Waals surface area contributed by atoms with Crippen molar-refractivity contribution in [3.63, 3.8) is 0 Å². The Bertz CT molecular complexity index is 248. The van der Waals surface area contributed by atoms with E-state index in [1.807, 2.05) is 0 Å². The average molecular weight is 223 g/mol. The Labute approximate surface area is 86.5 Å². The van der Waals surface area contributed by atoms with Gasteiger partial charge in [0.15, 0.2) is 5.84 Å². The first-order valence-electron chi connectivity index (χ1n) is 4.55. The highest BCUT2D eigenvalue weighted by molar-refractivity contribution is 5.81. The summed E-state index contributed by atoms with van der Waals surface area (Å²) in [6.07, 6.45) is -0.250. The monoisotopic (exact) mass is 223 g/mol. The predicted octanol–water partition coefficient (Wildman–Crippen LogP) is 0.0888. The second kappa shape index (κ2) is 4.71. The molecular weight excluding hydrogens is 208 g/mol. The van der Waals surface area contributed by atoms with Crippen LogP contribution in [0.15, 0.2) is 5.16 Å². The number of hydrogen-bond donors (Lipinski definition) is 2. The number of oxime groups is 1. The zero-order valence-corrected chi connectivity index (χ0v) is 8.49. The molecule has 0 aliphatic carbocycles. The van der Waals surface area contributed by atoms with Gasteiger partial charge in [-0.15, -0.1) is 0 Å². The minimum atomic E-state index is -2.72. The fourth-order valence-corrected chi connectivity index (χ4v) is 1.75. The van der Waals surface area contributed by atoms with Crippen molar-refractivity contribution < 1.29 is 18.7 Å². The highest BCUT2D eigenvalue weighted by Crippen LogP contribution is 2.31. The van der Waals surface area contributed by atoms with E-state index >= 15 is 0 Å². The van der Waals surface area contributed by atoms with Crippen LogP contribution in [0.2, 0.25) is 0 Å². The van der Waals surface area contributed by atoms with Crippen LogP contribution in [0.5, 0.6) is 0 Å². The lowest BCUT2D eigenvalue weighted by atomic mass is 10.2. The average Bonchev–Trinajstić information content (AvgIpc) is 2.41. The summed E-state index contributed by atoms with van der Waals surface area (Å²) in [4.78, 5) is 1.46. The number of methoxy groups -OCH3 is 1. The maximum absolute atomic E-state index is 13.1. The smallest absolute Gasteiger partial charge is 0.262 e. The highest BCUT2D eigenvalue weighted by Gasteiger charge is 2.44. The van der Waals surface area contributed by atoms with E-state index in [0.29, 0.717) is 0 Å². The van der Waals surface area contributed by atoms with Crippen molar-refractivity contribution >= 4 is 5.84 Å². The SMILES string of the molecule is COC[C@@H]1CC(F)(F)CN1CC(N)=NO. The van der Waals surface area contributed by atoms with Gasteiger partial charge in [-0.2, -0.15) is 0 Å². The minimum Gasteiger partial charge on any atom is -0.409 e. The van der Waals surface area contributed by atoms with E-state index in [-0.39, 0.29) is 38.0 Å². The molecule has 1 fully saturated rings. The van der Waals surface area contributed by atoms with Crippen molar-refractivity contribution in [3.05, 3.63) is 0 Å². The van der Waals surface area contributed by atoms with Gasteiger partial charge in [0.25, 0.3) is 5.92 Å². The topological polar surface area (TPSA) is 71.1 Å². The molecular formula is C8H15F2N3O2. The number of alkyl halides is 2. The molecule has 1 aliphatic heterocycles. The van der Waals surface area contributed by atoms with E-state index in [1.165, 1.54) is 12.0 Å². The van der Waals surface area contributed by atoms with Crippen LogP contribution in [0.1, 0.15) is 6.42 Å². The molecule has 0 aromatic carbocycles. The van der Waals surface area contributed by atoms with E-state index in [0.717, 1.165) is 0 Å². The van der Waals surface area contributed by atoms with Gasteiger partial charge in [-0.1, -0.05) is 5.16 Å². The van der Waals surface area contributed by atoms with Crippen LogP contribution in [0.4, 0.5) is 8.78 Å². The minimum absolute atomic E-state index is 0.0279. The van der Waals surface area contributed by atoms with E-state index in [1.54, 1.807) is 0 Å². The Morgan fingerprint density at radius 3 is 2.93 bits per heavy atom. The lowest BCUT2D eigenvalue weighted by Gasteiger charge is -2.21. The van der Waals surface area contributed by atoms with Crippen LogP contribution in [-0.2, 0) is 4.74 Å². The molecule has 1 heterocycles. The Kier molecular flexibility index (Phi) is 3.81. The maximum atomic E-state index is 13.1. The fraction of sp³-hybridized carbons (Fsp3) is 0.875. The van der Waals surface area contributed by atoms with Crippen LogP contribution in [-0.4, -0.2) is 54.7 Å². The van der Waals surface area contributed by atoms with E-state index in [9.17, 15) is 8.78 Å². The van der Waals surface area contributed by atoms with Crippen LogP contribution < -0.4 is 5.73 Å². The summed E-state index contributed by atoms with van der Waals surface area (Å²) >= 11 is 0. The van der Waals surface area contributed by atoms with Gasteiger partial charge >= 0.3 is 0 Å². The van der Waals surface area contributed by atoms with Gasteiger partial charge in [-0.05, 0) is 0 Å². The van der Waals surface area contributed by atoms with E-state index in [4.69, 9.17) is 15.7 Å². The quantitative estimate of drug-likeness (QED) is 0.306. The first-order chi connectivity index (χ1) is 6.98. The molecule has 3 N–H and O–H groups in total. The number of ether oxygens (including phenoxy) is 1. The zero-order chi connectivity index (χ0) is 11.5. The lowest BCUT2D eigenvalue weighted by Crippen LogP contribution is -2.40. The number of amidine groups is 1. The summed E-state index contributed by atoms with van der Waals surface area (Å²) in [5, 5.41) is 11.1. The standard InChI is InChI=1S/C8H15F2N3O2/c1-15-4-6-2-8(9,10)5-13(6)3-7(11)12-14/h6,14H,2-5H2,1H3,(H2,11,12)/t6-/m0/s1. The Balaban J connectivity index is 2.60. The predicted molar refractivity (Wildman–Crippen MR) is 50.2 cm³/mol. The number of nitrogens with zero attached hydrogens (tertiary/aromatic N) is 2. The molecule has 0 spiro atoms. The first-order valence-corrected chi connectivity index (χ1v) is 4.55. The molecule has 0 bridgehead atoms. The van der Waals surface area contributed by atoms with Gasteiger partial charge in [0.2, 0.25) is 0 Å². The molecule has 0 saturated carbocycles. The number of hydrogen-bond acceptors (Lipinski definition) is 4. The Morgan fingerprint density at radius 1 is 1.73 bits per heavy atom. The normalized spacial score (nSPS) is 27.1. The van der Waals surface area contributed by atoms with Gasteiger partial charge in [0, 0.05) is 19.6 Å². The third kappa shape index (κ3) is 3.28. The van der Waals surface area contributed by atoms with E-state index in [2.05, 4.69) is 5.16 Å². The van der Waals surface area contributed by atoms with Crippen LogP contribution in [0.3, 0.4) is 0 Å². The summed E-state index contributed by atoms with van der Waals surface area (Å²) in [7, 11) is 1.46. The fourth-order valence-electron chi connectivity index (χ4n) is 1.75. The van der Waals surface area contributed by atoms with Gasteiger partial charge in [0.05, 0.1) is 19.7 Å². The molecule has 0 amide bonds. The molecule has 1 aliphatic rings. The molecule has 5 nitrogen and oxygen atoms in total. The third-order valence-electron chi connectivity index (χ3n) is 2.34. The third-order valence-corrected chi connectivity index (χ3v) is 2.34. The molecule has 15 heavy (non-hydrogen) atoms. The zero-order valence-electron chi connectivity index (χ0n) is 8.49. The van der Waals surface area contributed by atoms with Crippen LogP contribution in [0.25, 0.3) is 0 Å². The number of halogens is 2. The largest absolute Gasteiger partial charge is 0.409 e. The van der Waals surface area contributed by atoms with Crippen molar-refractivity contribution in [2.24, 2.45) is 10.9 Å². The van der Waals surface area contributed by atoms with Crippen molar-refractivity contribution in [3.8, 4) is 0 Å². The van der Waals surface area contributed by atoms with Gasteiger partial charge < -0.3 is 15.7 Å². The summed E-state index contributed by atoms with van der Waals surface area (Å²) in [6, 6.07) is -0.384. The molecule has 0 aromatic heterocycles. The maximum Gasteiger partial charge on any atom is 0.262 e. The molecule has 1 saturated heterocycles. The molecule has 1 rings (SSSR count). The van der Waals surface area contributed by atoms with Crippen molar-refractivity contribution in [1.29, 1.82) is 0 Å². The summed E-state index contributed by atoms with van der Waals surface area (Å²) < 4.78 is 31.0. The summed E-state index contributed by atoms with van der Waals surface area (Å²) in [6.45, 7) is -0.133. The van der Waals surface area contributed by atoms with Gasteiger partial charge in [0.1, 0.15) is 0 Å². The molecule has 88 valence electrons. The summed E-state index contributed by atoms with van der Waals surface area (Å²) in [5.74, 6) is -2.80. The van der Waals surface area contributed by atoms with E-state index < -0.39 is 5.92 Å². The van der Waals surface area contributed by atoms with Crippen molar-refractivity contribution in [2.45, 2.75) is 18.4 Å². The van der Waals surface area contributed by atoms with Gasteiger partial charge in [-0.25, -0.2) is 8.78 Å². The first kappa shape index (κ1) is 12.1. The molecule has 0 unspecified atom stereocenters. The van der Waals surface area contributed by atoms with Crippen LogP contribution in [0, 0.1) is 0 Å². The number of likely N-dealkylation sites (tertiary alicyclic amines) is 1. The second-order valence-electron chi connectivity index (χ2n) is 3.67. The Hall–Kier alpha value is -0.950. The molecule has 0 aromatic rings. The second-order valence-corrected chi connectivity index (χ2v) is 3.67. The summed E-state index contributed by atoms with van der Waals surface area (Å²) in [5.41, 5.74) is 5.27. The van der Waals surface area contributed by atoms with Crippen molar-refractivity contribution in [1.82, 2.24) is 4.90 Å². The number of nitrogens with two attached hydrogens (primary N) is 1. The van der Waals surface area contributed by atoms with Crippen molar-refractivity contribution in [2.75, 3.05) is 26.8 Å². The van der Waals surface area contributed by atoms with Gasteiger partial charge in [-0.3, -0.25) is 4.90 Å². The lowest BCUT2D eigenvalue weighted by molar-refractivity contribution is 0.0126. The molecule has 0 radical (unpaired) electrons. The van der Waals surface area contributed by atoms with Crippen LogP contribution >= 0.6 is 0 Å². The molecule has 1 atom stereocenters. The Morgan fingerprint density at radius 2 is 2.40 bits per heavy atom. The molecule has 7 heteroatoms. The highest BCUT2D eigenvalue weighted by atomic mass is 19.3.